The molecule has 0 aromatic rings. The number of ether oxygens (including phenoxy) is 2. The average molecular weight is 281 g/mol. The number of esters is 2. The molecule has 0 saturated heterocycles. The Kier molecular flexibility index (Phi) is 4.76. The Labute approximate surface area is 120 Å². The molecule has 0 spiro atoms. The van der Waals surface area contributed by atoms with Crippen LogP contribution < -0.4 is 5.32 Å². The lowest BCUT2D eigenvalue weighted by molar-refractivity contribution is -0.147. The van der Waals surface area contributed by atoms with Crippen LogP contribution in [-0.4, -0.2) is 36.2 Å². The minimum absolute atomic E-state index is 0.0297. The molecule has 1 heterocycles. The van der Waals surface area contributed by atoms with Crippen molar-refractivity contribution in [3.8, 4) is 0 Å². The average Bonchev–Trinajstić information content (AvgIpc) is 2.52. The van der Waals surface area contributed by atoms with E-state index in [-0.39, 0.29) is 24.7 Å². The largest absolute Gasteiger partial charge is 0.459 e. The fraction of sp³-hybridized carbons (Fsp3) is 0.600. The lowest BCUT2D eigenvalue weighted by atomic mass is 9.97. The topological polar surface area (TPSA) is 64.6 Å². The minimum atomic E-state index is -0.482. The van der Waals surface area contributed by atoms with Gasteiger partial charge in [0.05, 0.1) is 5.57 Å². The van der Waals surface area contributed by atoms with E-state index in [1.165, 1.54) is 0 Å². The maximum atomic E-state index is 12.0. The van der Waals surface area contributed by atoms with Crippen molar-refractivity contribution < 1.29 is 19.1 Å². The SMILES string of the molecule is C=C(C)C(=O)OCCOC(=O)C1=CC(C)(C)NC1(C)C. The third-order valence-corrected chi connectivity index (χ3v) is 2.93. The highest BCUT2D eigenvalue weighted by atomic mass is 16.6. The first kappa shape index (κ1) is 16.4. The van der Waals surface area contributed by atoms with Gasteiger partial charge in [0.15, 0.2) is 0 Å². The molecule has 0 unspecified atom stereocenters. The Morgan fingerprint density at radius 3 is 2.20 bits per heavy atom. The molecular weight excluding hydrogens is 258 g/mol. The second kappa shape index (κ2) is 5.79. The molecule has 20 heavy (non-hydrogen) atoms. The van der Waals surface area contributed by atoms with E-state index in [2.05, 4.69) is 11.9 Å². The molecule has 112 valence electrons. The molecule has 0 aromatic heterocycles. The second-order valence-electron chi connectivity index (χ2n) is 6.08. The van der Waals surface area contributed by atoms with Gasteiger partial charge in [-0.25, -0.2) is 9.59 Å². The summed E-state index contributed by atoms with van der Waals surface area (Å²) < 4.78 is 9.99. The van der Waals surface area contributed by atoms with Crippen LogP contribution in [0.1, 0.15) is 34.6 Å². The van der Waals surface area contributed by atoms with Gasteiger partial charge in [-0.2, -0.15) is 0 Å². The van der Waals surface area contributed by atoms with Crippen molar-refractivity contribution in [3.05, 3.63) is 23.8 Å². The molecule has 1 aliphatic heterocycles. The molecule has 0 aromatic carbocycles. The van der Waals surface area contributed by atoms with Gasteiger partial charge in [-0.1, -0.05) is 12.7 Å². The van der Waals surface area contributed by atoms with E-state index in [0.717, 1.165) is 0 Å². The fourth-order valence-corrected chi connectivity index (χ4v) is 2.23. The van der Waals surface area contributed by atoms with Gasteiger partial charge < -0.3 is 9.47 Å². The van der Waals surface area contributed by atoms with Crippen molar-refractivity contribution in [3.63, 3.8) is 0 Å². The van der Waals surface area contributed by atoms with E-state index in [4.69, 9.17) is 9.47 Å². The first-order valence-corrected chi connectivity index (χ1v) is 6.57. The van der Waals surface area contributed by atoms with Crippen LogP contribution >= 0.6 is 0 Å². The van der Waals surface area contributed by atoms with Gasteiger partial charge in [0, 0.05) is 16.7 Å². The quantitative estimate of drug-likeness (QED) is 0.472. The van der Waals surface area contributed by atoms with Crippen molar-refractivity contribution in [2.45, 2.75) is 45.7 Å². The van der Waals surface area contributed by atoms with Gasteiger partial charge in [0.25, 0.3) is 0 Å². The Morgan fingerprint density at radius 2 is 1.75 bits per heavy atom. The summed E-state index contributed by atoms with van der Waals surface area (Å²) in [5.41, 5.74) is 0.231. The van der Waals surface area contributed by atoms with Crippen LogP contribution in [0.2, 0.25) is 0 Å². The van der Waals surface area contributed by atoms with E-state index in [0.29, 0.717) is 11.1 Å². The molecule has 0 fully saturated rings. The molecule has 5 heteroatoms. The molecular formula is C15H23NO4. The van der Waals surface area contributed by atoms with E-state index in [1.807, 2.05) is 33.8 Å². The predicted molar refractivity (Wildman–Crippen MR) is 76.1 cm³/mol. The summed E-state index contributed by atoms with van der Waals surface area (Å²) in [6.07, 6.45) is 1.87. The highest BCUT2D eigenvalue weighted by molar-refractivity contribution is 5.92. The second-order valence-corrected chi connectivity index (χ2v) is 6.08. The minimum Gasteiger partial charge on any atom is -0.459 e. The zero-order valence-electron chi connectivity index (χ0n) is 12.8. The van der Waals surface area contributed by atoms with Crippen molar-refractivity contribution in [1.82, 2.24) is 5.32 Å². The van der Waals surface area contributed by atoms with Crippen LogP contribution in [-0.2, 0) is 19.1 Å². The smallest absolute Gasteiger partial charge is 0.335 e. The molecule has 5 nitrogen and oxygen atoms in total. The van der Waals surface area contributed by atoms with Gasteiger partial charge in [-0.05, 0) is 34.6 Å². The zero-order chi connectivity index (χ0) is 15.6. The summed E-state index contributed by atoms with van der Waals surface area (Å²) in [7, 11) is 0. The molecule has 0 atom stereocenters. The van der Waals surface area contributed by atoms with Gasteiger partial charge in [0.2, 0.25) is 0 Å². The molecule has 0 aliphatic carbocycles. The van der Waals surface area contributed by atoms with E-state index >= 15 is 0 Å². The van der Waals surface area contributed by atoms with E-state index < -0.39 is 11.5 Å². The van der Waals surface area contributed by atoms with Gasteiger partial charge in [-0.15, -0.1) is 0 Å². The molecule has 1 N–H and O–H groups in total. The third-order valence-electron chi connectivity index (χ3n) is 2.93. The standard InChI is InChI=1S/C15H23NO4/c1-10(2)12(17)19-7-8-20-13(18)11-9-14(3,4)16-15(11,5)6/h9,16H,1,7-8H2,2-6H3. The Balaban J connectivity index is 2.48. The predicted octanol–water partition coefficient (Wildman–Crippen LogP) is 1.74. The van der Waals surface area contributed by atoms with Crippen molar-refractivity contribution in [1.29, 1.82) is 0 Å². The monoisotopic (exact) mass is 281 g/mol. The lowest BCUT2D eigenvalue weighted by Crippen LogP contribution is -2.46. The van der Waals surface area contributed by atoms with Crippen molar-refractivity contribution >= 4 is 11.9 Å². The normalized spacial score (nSPS) is 19.1. The number of hydrogen-bond donors (Lipinski definition) is 1. The molecule has 1 rings (SSSR count). The summed E-state index contributed by atoms with van der Waals surface area (Å²) in [5.74, 6) is -0.872. The molecule has 0 amide bonds. The van der Waals surface area contributed by atoms with Gasteiger partial charge in [0.1, 0.15) is 13.2 Å². The highest BCUT2D eigenvalue weighted by Crippen LogP contribution is 2.30. The summed E-state index contributed by atoms with van der Waals surface area (Å²) in [6.45, 7) is 12.9. The zero-order valence-corrected chi connectivity index (χ0v) is 12.8. The molecule has 0 saturated carbocycles. The van der Waals surface area contributed by atoms with Crippen LogP contribution in [0.4, 0.5) is 0 Å². The third kappa shape index (κ3) is 4.20. The van der Waals surface area contributed by atoms with Crippen LogP contribution in [0.5, 0.6) is 0 Å². The van der Waals surface area contributed by atoms with Gasteiger partial charge >= 0.3 is 11.9 Å². The molecule has 1 aliphatic rings. The number of hydrogen-bond acceptors (Lipinski definition) is 5. The highest BCUT2D eigenvalue weighted by Gasteiger charge is 2.40. The fourth-order valence-electron chi connectivity index (χ4n) is 2.23. The van der Waals surface area contributed by atoms with Gasteiger partial charge in [-0.3, -0.25) is 5.32 Å². The summed E-state index contributed by atoms with van der Waals surface area (Å²) in [5, 5.41) is 3.33. The maximum Gasteiger partial charge on any atom is 0.335 e. The van der Waals surface area contributed by atoms with E-state index in [1.54, 1.807) is 6.92 Å². The lowest BCUT2D eigenvalue weighted by Gasteiger charge is -2.27. The number of carbonyl (C=O) groups excluding carboxylic acids is 2. The Hall–Kier alpha value is -1.62. The van der Waals surface area contributed by atoms with Crippen molar-refractivity contribution in [2.75, 3.05) is 13.2 Å². The first-order chi connectivity index (χ1) is 9.05. The Morgan fingerprint density at radius 1 is 1.20 bits per heavy atom. The molecule has 0 radical (unpaired) electrons. The summed E-state index contributed by atoms with van der Waals surface area (Å²) in [6, 6.07) is 0. The maximum absolute atomic E-state index is 12.0. The summed E-state index contributed by atoms with van der Waals surface area (Å²) >= 11 is 0. The Bertz CT molecular complexity index is 460. The number of nitrogens with one attached hydrogen (secondary N) is 1. The van der Waals surface area contributed by atoms with Crippen LogP contribution in [0.3, 0.4) is 0 Å². The van der Waals surface area contributed by atoms with Crippen LogP contribution in [0, 0.1) is 0 Å². The summed E-state index contributed by atoms with van der Waals surface area (Å²) in [4.78, 5) is 23.2. The van der Waals surface area contributed by atoms with Crippen LogP contribution in [0.15, 0.2) is 23.8 Å². The van der Waals surface area contributed by atoms with E-state index in [9.17, 15) is 9.59 Å². The van der Waals surface area contributed by atoms with Crippen molar-refractivity contribution in [2.24, 2.45) is 0 Å². The number of rotatable bonds is 5. The molecule has 0 bridgehead atoms. The van der Waals surface area contributed by atoms with Crippen LogP contribution in [0.25, 0.3) is 0 Å². The first-order valence-electron chi connectivity index (χ1n) is 6.57. The number of carbonyl (C=O) groups is 2.